The zero-order valence-electron chi connectivity index (χ0n) is 14.0. The first-order chi connectivity index (χ1) is 10.1. The van der Waals surface area contributed by atoms with Crippen LogP contribution < -0.4 is 0 Å². The van der Waals surface area contributed by atoms with Gasteiger partial charge in [-0.3, -0.25) is 0 Å². The van der Waals surface area contributed by atoms with E-state index in [1.807, 2.05) is 0 Å². The largest absolute Gasteiger partial charge is 0.466 e. The molecule has 0 aromatic rings. The predicted molar refractivity (Wildman–Crippen MR) is 84.0 cm³/mol. The number of methoxy groups -OCH3 is 2. The minimum absolute atomic E-state index is 0.401. The molecule has 0 amide bonds. The Bertz CT molecular complexity index is 345. The van der Waals surface area contributed by atoms with E-state index in [1.54, 1.807) is 0 Å². The maximum Gasteiger partial charge on any atom is 0.334 e. The van der Waals surface area contributed by atoms with Gasteiger partial charge in [0.1, 0.15) is 0 Å². The molecule has 4 heteroatoms. The molecule has 0 aromatic carbocycles. The van der Waals surface area contributed by atoms with Gasteiger partial charge < -0.3 is 9.47 Å². The van der Waals surface area contributed by atoms with Gasteiger partial charge in [-0.1, -0.05) is 46.0 Å². The van der Waals surface area contributed by atoms with E-state index in [0.29, 0.717) is 24.0 Å². The fourth-order valence-corrected chi connectivity index (χ4v) is 2.26. The Balaban J connectivity index is 4.95. The van der Waals surface area contributed by atoms with Crippen molar-refractivity contribution in [2.45, 2.75) is 71.6 Å². The lowest BCUT2D eigenvalue weighted by atomic mass is 9.97. The second-order valence-corrected chi connectivity index (χ2v) is 5.21. The summed E-state index contributed by atoms with van der Waals surface area (Å²) in [5.41, 5.74) is 0.982. The van der Waals surface area contributed by atoms with Gasteiger partial charge in [-0.2, -0.15) is 0 Å². The fourth-order valence-electron chi connectivity index (χ4n) is 2.26. The molecule has 0 unspecified atom stereocenters. The van der Waals surface area contributed by atoms with Crippen LogP contribution in [0.15, 0.2) is 11.1 Å². The number of unbranched alkanes of at least 4 members (excludes halogenated alkanes) is 5. The highest BCUT2D eigenvalue weighted by Gasteiger charge is 2.21. The molecule has 0 rings (SSSR count). The number of esters is 2. The van der Waals surface area contributed by atoms with Gasteiger partial charge in [0.2, 0.25) is 0 Å². The molecular formula is C17H30O4. The van der Waals surface area contributed by atoms with Gasteiger partial charge >= 0.3 is 11.9 Å². The maximum absolute atomic E-state index is 12.0. The highest BCUT2D eigenvalue weighted by molar-refractivity contribution is 6.00. The molecule has 0 aliphatic heterocycles. The first-order valence-electron chi connectivity index (χ1n) is 8.00. The summed E-state index contributed by atoms with van der Waals surface area (Å²) in [6, 6.07) is 0. The number of hydrogen-bond donors (Lipinski definition) is 0. The van der Waals surface area contributed by atoms with Crippen molar-refractivity contribution in [2.75, 3.05) is 14.2 Å². The lowest BCUT2D eigenvalue weighted by Gasteiger charge is -2.12. The summed E-state index contributed by atoms with van der Waals surface area (Å²) in [5.74, 6) is -0.806. The van der Waals surface area contributed by atoms with E-state index in [0.717, 1.165) is 32.1 Å². The first-order valence-corrected chi connectivity index (χ1v) is 8.00. The quantitative estimate of drug-likeness (QED) is 0.326. The molecule has 0 fully saturated rings. The molecule has 0 aliphatic carbocycles. The van der Waals surface area contributed by atoms with Crippen molar-refractivity contribution in [3.63, 3.8) is 0 Å². The number of ether oxygens (including phenoxy) is 2. The third kappa shape index (κ3) is 7.88. The third-order valence-corrected chi connectivity index (χ3v) is 3.54. The highest BCUT2D eigenvalue weighted by Crippen LogP contribution is 2.21. The molecule has 0 atom stereocenters. The summed E-state index contributed by atoms with van der Waals surface area (Å²) in [4.78, 5) is 23.9. The van der Waals surface area contributed by atoms with Crippen molar-refractivity contribution in [1.82, 2.24) is 0 Å². The Hall–Kier alpha value is -1.32. The second-order valence-electron chi connectivity index (χ2n) is 5.21. The molecular weight excluding hydrogens is 268 g/mol. The van der Waals surface area contributed by atoms with E-state index in [4.69, 9.17) is 9.47 Å². The SMILES string of the molecule is CCCCCCCC(C(=O)OC)=C(CCCC)C(=O)OC. The van der Waals surface area contributed by atoms with E-state index in [1.165, 1.54) is 27.1 Å². The summed E-state index contributed by atoms with van der Waals surface area (Å²) in [7, 11) is 2.71. The molecule has 0 heterocycles. The van der Waals surface area contributed by atoms with E-state index in [2.05, 4.69) is 13.8 Å². The molecule has 0 radical (unpaired) electrons. The van der Waals surface area contributed by atoms with Gasteiger partial charge in [-0.05, 0) is 25.7 Å². The molecule has 0 saturated heterocycles. The molecule has 0 spiro atoms. The van der Waals surface area contributed by atoms with Crippen molar-refractivity contribution in [2.24, 2.45) is 0 Å². The third-order valence-electron chi connectivity index (χ3n) is 3.54. The van der Waals surface area contributed by atoms with Crippen LogP contribution in [-0.4, -0.2) is 26.2 Å². The number of carbonyl (C=O) groups excluding carboxylic acids is 2. The molecule has 4 nitrogen and oxygen atoms in total. The molecule has 21 heavy (non-hydrogen) atoms. The Labute approximate surface area is 128 Å². The van der Waals surface area contributed by atoms with Crippen LogP contribution in [0.4, 0.5) is 0 Å². The number of rotatable bonds is 11. The van der Waals surface area contributed by atoms with Crippen LogP contribution in [0.25, 0.3) is 0 Å². The van der Waals surface area contributed by atoms with Crippen LogP contribution in [0.1, 0.15) is 71.6 Å². The summed E-state index contributed by atoms with van der Waals surface area (Å²) >= 11 is 0. The van der Waals surface area contributed by atoms with Crippen LogP contribution >= 0.6 is 0 Å². The van der Waals surface area contributed by atoms with Gasteiger partial charge in [0.15, 0.2) is 0 Å². The van der Waals surface area contributed by atoms with Gasteiger partial charge in [0, 0.05) is 11.1 Å². The summed E-state index contributed by atoms with van der Waals surface area (Å²) in [5, 5.41) is 0. The van der Waals surface area contributed by atoms with E-state index < -0.39 is 11.9 Å². The minimum atomic E-state index is -0.405. The zero-order chi connectivity index (χ0) is 16.1. The Morgan fingerprint density at radius 3 is 1.52 bits per heavy atom. The average Bonchev–Trinajstić information content (AvgIpc) is 2.51. The van der Waals surface area contributed by atoms with Crippen molar-refractivity contribution >= 4 is 11.9 Å². The van der Waals surface area contributed by atoms with Gasteiger partial charge in [-0.25, -0.2) is 9.59 Å². The lowest BCUT2D eigenvalue weighted by Crippen LogP contribution is -2.15. The molecule has 0 aromatic heterocycles. The van der Waals surface area contributed by atoms with Crippen molar-refractivity contribution in [3.8, 4) is 0 Å². The summed E-state index contributed by atoms with van der Waals surface area (Å²) in [6.45, 7) is 4.22. The van der Waals surface area contributed by atoms with Crippen LogP contribution in [0, 0.1) is 0 Å². The molecule has 0 saturated carbocycles. The molecule has 0 aliphatic rings. The van der Waals surface area contributed by atoms with Gasteiger partial charge in [-0.15, -0.1) is 0 Å². The van der Waals surface area contributed by atoms with Crippen molar-refractivity contribution < 1.29 is 19.1 Å². The zero-order valence-corrected chi connectivity index (χ0v) is 14.0. The van der Waals surface area contributed by atoms with Crippen LogP contribution in [0.3, 0.4) is 0 Å². The van der Waals surface area contributed by atoms with Crippen LogP contribution in [0.5, 0.6) is 0 Å². The van der Waals surface area contributed by atoms with Crippen LogP contribution in [0.2, 0.25) is 0 Å². The normalized spacial score (nSPS) is 11.8. The molecule has 0 bridgehead atoms. The summed E-state index contributed by atoms with van der Waals surface area (Å²) in [6.07, 6.45) is 8.50. The van der Waals surface area contributed by atoms with E-state index in [9.17, 15) is 9.59 Å². The van der Waals surface area contributed by atoms with E-state index in [-0.39, 0.29) is 0 Å². The fraction of sp³-hybridized carbons (Fsp3) is 0.765. The smallest absolute Gasteiger partial charge is 0.334 e. The topological polar surface area (TPSA) is 52.6 Å². The van der Waals surface area contributed by atoms with Crippen molar-refractivity contribution in [3.05, 3.63) is 11.1 Å². The summed E-state index contributed by atoms with van der Waals surface area (Å²) < 4.78 is 9.67. The average molecular weight is 298 g/mol. The van der Waals surface area contributed by atoms with Gasteiger partial charge in [0.05, 0.1) is 14.2 Å². The second kappa shape index (κ2) is 12.4. The Morgan fingerprint density at radius 2 is 1.10 bits per heavy atom. The maximum atomic E-state index is 12.0. The molecule has 0 N–H and O–H groups in total. The van der Waals surface area contributed by atoms with E-state index >= 15 is 0 Å². The van der Waals surface area contributed by atoms with Crippen molar-refractivity contribution in [1.29, 1.82) is 0 Å². The number of hydrogen-bond acceptors (Lipinski definition) is 4. The molecule has 122 valence electrons. The monoisotopic (exact) mass is 298 g/mol. The highest BCUT2D eigenvalue weighted by atomic mass is 16.5. The minimum Gasteiger partial charge on any atom is -0.466 e. The standard InChI is InChI=1S/C17H30O4/c1-5-7-9-10-11-13-15(17(19)21-4)14(12-8-6-2)16(18)20-3/h5-13H2,1-4H3. The first kappa shape index (κ1) is 19.7. The predicted octanol–water partition coefficient (Wildman–Crippen LogP) is 4.18. The Morgan fingerprint density at radius 1 is 0.667 bits per heavy atom. The number of carbonyl (C=O) groups is 2. The lowest BCUT2D eigenvalue weighted by molar-refractivity contribution is -0.139. The van der Waals surface area contributed by atoms with Gasteiger partial charge in [0.25, 0.3) is 0 Å². The Kier molecular flexibility index (Phi) is 11.6. The van der Waals surface area contributed by atoms with Crippen LogP contribution in [-0.2, 0) is 19.1 Å².